The Morgan fingerprint density at radius 1 is 1.00 bits per heavy atom. The molecular weight excluding hydrogens is 436 g/mol. The van der Waals surface area contributed by atoms with Gasteiger partial charge in [0.25, 0.3) is 10.1 Å². The first-order valence-corrected chi connectivity index (χ1v) is 18.7. The molecule has 0 radical (unpaired) electrons. The molecule has 1 saturated heterocycles. The molecule has 1 rings (SSSR count). The minimum absolute atomic E-state index is 0.0631. The number of ether oxygens (including phenoxy) is 1. The van der Waals surface area contributed by atoms with E-state index < -0.39 is 39.0 Å². The van der Waals surface area contributed by atoms with E-state index in [4.69, 9.17) is 17.8 Å². The lowest BCUT2D eigenvalue weighted by molar-refractivity contribution is -0.116. The second kappa shape index (κ2) is 10.0. The SMILES string of the molecule is CC(C)(C)[Si](C)(C)OCC[C@H](OS(C)(=O)=O)[C@H]1OCCC[C@@H]1O[Si](C)(C)C(C)(C)C. The van der Waals surface area contributed by atoms with E-state index in [9.17, 15) is 8.42 Å². The molecule has 0 amide bonds. The predicted octanol–water partition coefficient (Wildman–Crippen LogP) is 5.31. The van der Waals surface area contributed by atoms with Crippen LogP contribution in [0, 0.1) is 0 Å². The summed E-state index contributed by atoms with van der Waals surface area (Å²) >= 11 is 0. The van der Waals surface area contributed by atoms with Crippen molar-refractivity contribution in [2.24, 2.45) is 0 Å². The first-order valence-electron chi connectivity index (χ1n) is 11.1. The minimum Gasteiger partial charge on any atom is -0.417 e. The molecule has 0 bridgehead atoms. The van der Waals surface area contributed by atoms with Crippen LogP contribution in [0.2, 0.25) is 36.3 Å². The van der Waals surface area contributed by atoms with E-state index in [1.54, 1.807) is 0 Å². The summed E-state index contributed by atoms with van der Waals surface area (Å²) in [6, 6.07) is 0. The molecule has 0 aromatic heterocycles. The van der Waals surface area contributed by atoms with Gasteiger partial charge in [0.05, 0.1) is 12.4 Å². The Morgan fingerprint density at radius 2 is 1.53 bits per heavy atom. The average Bonchev–Trinajstić information content (AvgIpc) is 2.50. The average molecular weight is 483 g/mol. The molecule has 0 N–H and O–H groups in total. The van der Waals surface area contributed by atoms with Crippen LogP contribution in [-0.2, 0) is 27.9 Å². The third-order valence-corrected chi connectivity index (χ3v) is 16.5. The van der Waals surface area contributed by atoms with Crippen molar-refractivity contribution in [1.29, 1.82) is 0 Å². The van der Waals surface area contributed by atoms with E-state index in [1.165, 1.54) is 0 Å². The van der Waals surface area contributed by atoms with Gasteiger partial charge in [-0.1, -0.05) is 41.5 Å². The van der Waals surface area contributed by atoms with Crippen LogP contribution in [-0.4, -0.2) is 62.8 Å². The molecule has 9 heteroatoms. The van der Waals surface area contributed by atoms with Gasteiger partial charge in [-0.2, -0.15) is 8.42 Å². The monoisotopic (exact) mass is 482 g/mol. The van der Waals surface area contributed by atoms with E-state index in [2.05, 4.69) is 67.7 Å². The maximum absolute atomic E-state index is 12.0. The fourth-order valence-electron chi connectivity index (χ4n) is 2.94. The topological polar surface area (TPSA) is 71.1 Å². The Kier molecular flexibility index (Phi) is 9.43. The van der Waals surface area contributed by atoms with Crippen molar-refractivity contribution in [3.8, 4) is 0 Å². The largest absolute Gasteiger partial charge is 0.417 e. The summed E-state index contributed by atoms with van der Waals surface area (Å²) in [5.41, 5.74) is 0. The summed E-state index contributed by atoms with van der Waals surface area (Å²) in [4.78, 5) is 0. The van der Waals surface area contributed by atoms with Crippen LogP contribution in [0.5, 0.6) is 0 Å². The van der Waals surface area contributed by atoms with Crippen molar-refractivity contribution in [3.63, 3.8) is 0 Å². The van der Waals surface area contributed by atoms with Gasteiger partial charge in [0.15, 0.2) is 16.6 Å². The zero-order chi connectivity index (χ0) is 23.6. The summed E-state index contributed by atoms with van der Waals surface area (Å²) in [7, 11) is -7.60. The maximum Gasteiger partial charge on any atom is 0.264 e. The summed E-state index contributed by atoms with van der Waals surface area (Å²) in [5.74, 6) is 0. The first-order chi connectivity index (χ1) is 13.3. The Morgan fingerprint density at radius 3 is 2.00 bits per heavy atom. The van der Waals surface area contributed by atoms with Crippen LogP contribution in [0.15, 0.2) is 0 Å². The summed E-state index contributed by atoms with van der Waals surface area (Å²) in [5, 5.41) is 0.156. The molecule has 1 aliphatic heterocycles. The highest BCUT2D eigenvalue weighted by molar-refractivity contribution is 7.86. The van der Waals surface area contributed by atoms with Crippen molar-refractivity contribution in [3.05, 3.63) is 0 Å². The normalized spacial score (nSPS) is 23.4. The Labute approximate surface area is 187 Å². The molecule has 180 valence electrons. The fourth-order valence-corrected chi connectivity index (χ4v) is 6.02. The minimum atomic E-state index is -3.63. The first kappa shape index (κ1) is 28.3. The van der Waals surface area contributed by atoms with Gasteiger partial charge in [0, 0.05) is 13.2 Å². The molecule has 0 saturated carbocycles. The Balaban J connectivity index is 3.01. The zero-order valence-corrected chi connectivity index (χ0v) is 23.9. The van der Waals surface area contributed by atoms with Crippen LogP contribution in [0.3, 0.4) is 0 Å². The lowest BCUT2D eigenvalue weighted by atomic mass is 9.99. The van der Waals surface area contributed by atoms with Crippen LogP contribution >= 0.6 is 0 Å². The molecule has 0 spiro atoms. The van der Waals surface area contributed by atoms with E-state index in [0.29, 0.717) is 19.6 Å². The Bertz CT molecular complexity index is 649. The number of hydrogen-bond donors (Lipinski definition) is 0. The lowest BCUT2D eigenvalue weighted by Crippen LogP contribution is -2.53. The van der Waals surface area contributed by atoms with Gasteiger partial charge in [0.2, 0.25) is 0 Å². The second-order valence-corrected chi connectivity index (χ2v) is 22.8. The number of hydrogen-bond acceptors (Lipinski definition) is 6. The molecule has 1 heterocycles. The molecule has 1 fully saturated rings. The van der Waals surface area contributed by atoms with E-state index in [1.807, 2.05) is 0 Å². The summed E-state index contributed by atoms with van der Waals surface area (Å²) < 4.78 is 48.6. The summed E-state index contributed by atoms with van der Waals surface area (Å²) in [6.07, 6.45) is 2.12. The smallest absolute Gasteiger partial charge is 0.264 e. The van der Waals surface area contributed by atoms with Gasteiger partial charge < -0.3 is 13.6 Å². The van der Waals surface area contributed by atoms with Crippen LogP contribution in [0.25, 0.3) is 0 Å². The van der Waals surface area contributed by atoms with Gasteiger partial charge in [-0.25, -0.2) is 0 Å². The standard InChI is InChI=1S/C21H46O6SSi2/c1-20(2,3)29(8,9)25-16-14-17(26-28(7,22)23)19-18(13-12-15-24-19)27-30(10,11)21(4,5)6/h17-19H,12-16H2,1-11H3/t17-,18-,19+/m0/s1. The molecule has 6 nitrogen and oxygen atoms in total. The lowest BCUT2D eigenvalue weighted by Gasteiger charge is -2.44. The highest BCUT2D eigenvalue weighted by atomic mass is 32.2. The van der Waals surface area contributed by atoms with Crippen molar-refractivity contribution in [1.82, 2.24) is 0 Å². The van der Waals surface area contributed by atoms with E-state index in [-0.39, 0.29) is 16.2 Å². The zero-order valence-electron chi connectivity index (χ0n) is 21.1. The highest BCUT2D eigenvalue weighted by Crippen LogP contribution is 2.40. The van der Waals surface area contributed by atoms with Crippen molar-refractivity contribution < 1.29 is 26.2 Å². The van der Waals surface area contributed by atoms with Gasteiger partial charge >= 0.3 is 0 Å². The van der Waals surface area contributed by atoms with E-state index >= 15 is 0 Å². The molecule has 1 aliphatic rings. The quantitative estimate of drug-likeness (QED) is 0.327. The second-order valence-electron chi connectivity index (χ2n) is 11.6. The van der Waals surface area contributed by atoms with Gasteiger partial charge in [0.1, 0.15) is 12.2 Å². The van der Waals surface area contributed by atoms with Gasteiger partial charge in [-0.3, -0.25) is 4.18 Å². The van der Waals surface area contributed by atoms with Crippen molar-refractivity contribution >= 4 is 26.8 Å². The van der Waals surface area contributed by atoms with Crippen LogP contribution < -0.4 is 0 Å². The van der Waals surface area contributed by atoms with Crippen LogP contribution in [0.4, 0.5) is 0 Å². The van der Waals surface area contributed by atoms with Gasteiger partial charge in [-0.05, 0) is 55.5 Å². The maximum atomic E-state index is 12.0. The van der Waals surface area contributed by atoms with Crippen LogP contribution in [0.1, 0.15) is 60.8 Å². The molecule has 0 aromatic carbocycles. The third kappa shape index (κ3) is 8.29. The van der Waals surface area contributed by atoms with Crippen molar-refractivity contribution in [2.45, 2.75) is 115 Å². The van der Waals surface area contributed by atoms with Crippen molar-refractivity contribution in [2.75, 3.05) is 19.5 Å². The van der Waals surface area contributed by atoms with E-state index in [0.717, 1.165) is 19.1 Å². The molecule has 3 atom stereocenters. The summed E-state index contributed by atoms with van der Waals surface area (Å²) in [6.45, 7) is 23.0. The molecule has 0 aliphatic carbocycles. The third-order valence-electron chi connectivity index (χ3n) is 6.90. The highest BCUT2D eigenvalue weighted by Gasteiger charge is 2.44. The fraction of sp³-hybridized carbons (Fsp3) is 1.00. The molecule has 0 unspecified atom stereocenters. The number of rotatable bonds is 9. The predicted molar refractivity (Wildman–Crippen MR) is 129 cm³/mol. The van der Waals surface area contributed by atoms with Gasteiger partial charge in [-0.15, -0.1) is 0 Å². The molecule has 0 aromatic rings. The molecular formula is C21H46O6SSi2. The molecule has 30 heavy (non-hydrogen) atoms. The Hall–Kier alpha value is 0.224.